The predicted octanol–water partition coefficient (Wildman–Crippen LogP) is 3.90. The summed E-state index contributed by atoms with van der Waals surface area (Å²) in [6, 6.07) is 13.4. The summed E-state index contributed by atoms with van der Waals surface area (Å²) in [5.74, 6) is 0.0655. The van der Waals surface area contributed by atoms with E-state index < -0.39 is 0 Å². The molecular formula is C19H16ClNO2. The van der Waals surface area contributed by atoms with Crippen LogP contribution in [0.3, 0.4) is 0 Å². The Morgan fingerprint density at radius 3 is 2.74 bits per heavy atom. The van der Waals surface area contributed by atoms with Gasteiger partial charge in [0.2, 0.25) is 0 Å². The van der Waals surface area contributed by atoms with Gasteiger partial charge in [0.25, 0.3) is 5.56 Å². The molecule has 0 fully saturated rings. The van der Waals surface area contributed by atoms with Crippen molar-refractivity contribution in [2.45, 2.75) is 25.8 Å². The number of pyridine rings is 1. The molecule has 4 rings (SSSR count). The highest BCUT2D eigenvalue weighted by Gasteiger charge is 2.21. The summed E-state index contributed by atoms with van der Waals surface area (Å²) < 4.78 is 1.79. The highest BCUT2D eigenvalue weighted by Crippen LogP contribution is 2.34. The minimum Gasteiger partial charge on any atom is -0.507 e. The van der Waals surface area contributed by atoms with E-state index in [-0.39, 0.29) is 11.3 Å². The van der Waals surface area contributed by atoms with Crippen molar-refractivity contribution >= 4 is 22.5 Å². The molecule has 1 aromatic heterocycles. The van der Waals surface area contributed by atoms with Gasteiger partial charge >= 0.3 is 0 Å². The zero-order valence-corrected chi connectivity index (χ0v) is 13.3. The second-order valence-electron chi connectivity index (χ2n) is 6.01. The van der Waals surface area contributed by atoms with Gasteiger partial charge in [0, 0.05) is 23.4 Å². The Morgan fingerprint density at radius 1 is 1.17 bits per heavy atom. The molecular weight excluding hydrogens is 310 g/mol. The van der Waals surface area contributed by atoms with Crippen LogP contribution in [-0.2, 0) is 19.4 Å². The average Bonchev–Trinajstić information content (AvgIpc) is 2.57. The minimum atomic E-state index is -0.0953. The van der Waals surface area contributed by atoms with E-state index in [9.17, 15) is 9.90 Å². The molecule has 23 heavy (non-hydrogen) atoms. The molecule has 1 aliphatic rings. The van der Waals surface area contributed by atoms with Crippen molar-refractivity contribution in [3.63, 3.8) is 0 Å². The Balaban J connectivity index is 2.01. The van der Waals surface area contributed by atoms with Crippen LogP contribution in [0, 0.1) is 0 Å². The largest absolute Gasteiger partial charge is 0.507 e. The summed E-state index contributed by atoms with van der Waals surface area (Å²) in [5.41, 5.74) is 3.23. The van der Waals surface area contributed by atoms with E-state index in [0.29, 0.717) is 28.9 Å². The molecule has 1 aliphatic heterocycles. The van der Waals surface area contributed by atoms with Gasteiger partial charge in [-0.25, -0.2) is 0 Å². The first kappa shape index (κ1) is 14.3. The first-order valence-corrected chi connectivity index (χ1v) is 8.13. The zero-order chi connectivity index (χ0) is 16.0. The molecule has 0 saturated heterocycles. The highest BCUT2D eigenvalue weighted by molar-refractivity contribution is 6.31. The molecule has 0 unspecified atom stereocenters. The van der Waals surface area contributed by atoms with Crippen LogP contribution in [0.1, 0.15) is 23.1 Å². The van der Waals surface area contributed by atoms with Gasteiger partial charge in [-0.3, -0.25) is 4.79 Å². The lowest BCUT2D eigenvalue weighted by Gasteiger charge is -2.22. The molecule has 0 saturated carbocycles. The number of hydrogen-bond acceptors (Lipinski definition) is 2. The van der Waals surface area contributed by atoms with E-state index in [1.807, 2.05) is 36.4 Å². The van der Waals surface area contributed by atoms with Crippen LogP contribution < -0.4 is 5.56 Å². The third kappa shape index (κ3) is 2.32. The standard InChI is InChI=1S/C19H16ClNO2/c20-14-10-13-7-4-8-21-17(13)15(11-14)18(22)16(19(21)23)9-12-5-2-1-3-6-12/h1-3,5-6,10-11,22H,4,7-9H2. The van der Waals surface area contributed by atoms with E-state index in [4.69, 9.17) is 11.6 Å². The molecule has 0 atom stereocenters. The van der Waals surface area contributed by atoms with Crippen molar-refractivity contribution in [3.05, 3.63) is 74.5 Å². The molecule has 1 N–H and O–H groups in total. The normalized spacial score (nSPS) is 13.4. The van der Waals surface area contributed by atoms with Gasteiger partial charge in [-0.15, -0.1) is 0 Å². The van der Waals surface area contributed by atoms with Crippen LogP contribution in [0.25, 0.3) is 10.9 Å². The number of hydrogen-bond donors (Lipinski definition) is 1. The second kappa shape index (κ2) is 5.43. The maximum Gasteiger partial charge on any atom is 0.258 e. The molecule has 116 valence electrons. The summed E-state index contributed by atoms with van der Waals surface area (Å²) in [7, 11) is 0. The summed E-state index contributed by atoms with van der Waals surface area (Å²) in [5, 5.41) is 12.0. The number of benzene rings is 2. The Kier molecular flexibility index (Phi) is 3.38. The first-order chi connectivity index (χ1) is 11.1. The first-order valence-electron chi connectivity index (χ1n) is 7.76. The van der Waals surface area contributed by atoms with E-state index in [0.717, 1.165) is 29.5 Å². The maximum absolute atomic E-state index is 12.9. The highest BCUT2D eigenvalue weighted by atomic mass is 35.5. The fraction of sp³-hybridized carbons (Fsp3) is 0.211. The summed E-state index contributed by atoms with van der Waals surface area (Å²) in [4.78, 5) is 12.9. The molecule has 3 nitrogen and oxygen atoms in total. The lowest BCUT2D eigenvalue weighted by Crippen LogP contribution is -2.27. The molecule has 4 heteroatoms. The number of halogens is 1. The zero-order valence-electron chi connectivity index (χ0n) is 12.6. The lowest BCUT2D eigenvalue weighted by molar-refractivity contribution is 0.470. The van der Waals surface area contributed by atoms with Gasteiger partial charge in [-0.05, 0) is 36.1 Å². The van der Waals surface area contributed by atoms with E-state index in [1.165, 1.54) is 0 Å². The summed E-state index contributed by atoms with van der Waals surface area (Å²) >= 11 is 6.20. The van der Waals surface area contributed by atoms with Gasteiger partial charge in [0.05, 0.1) is 11.1 Å². The Hall–Kier alpha value is -2.26. The maximum atomic E-state index is 12.9. The van der Waals surface area contributed by atoms with Crippen LogP contribution in [0.4, 0.5) is 0 Å². The van der Waals surface area contributed by atoms with Crippen molar-refractivity contribution < 1.29 is 5.11 Å². The van der Waals surface area contributed by atoms with Crippen LogP contribution in [-0.4, -0.2) is 9.67 Å². The van der Waals surface area contributed by atoms with E-state index >= 15 is 0 Å². The van der Waals surface area contributed by atoms with Gasteiger partial charge in [0.15, 0.2) is 0 Å². The molecule has 0 amide bonds. The number of rotatable bonds is 2. The van der Waals surface area contributed by atoms with Crippen molar-refractivity contribution in [1.29, 1.82) is 0 Å². The Labute approximate surface area is 138 Å². The fourth-order valence-electron chi connectivity index (χ4n) is 3.47. The smallest absolute Gasteiger partial charge is 0.258 e. The number of aromatic nitrogens is 1. The van der Waals surface area contributed by atoms with Crippen molar-refractivity contribution in [2.75, 3.05) is 0 Å². The van der Waals surface area contributed by atoms with Gasteiger partial charge in [0.1, 0.15) is 5.75 Å². The molecule has 0 spiro atoms. The predicted molar refractivity (Wildman–Crippen MR) is 92.5 cm³/mol. The van der Waals surface area contributed by atoms with E-state index in [1.54, 1.807) is 10.6 Å². The molecule has 0 aliphatic carbocycles. The van der Waals surface area contributed by atoms with Gasteiger partial charge < -0.3 is 9.67 Å². The van der Waals surface area contributed by atoms with Crippen LogP contribution in [0.15, 0.2) is 47.3 Å². The van der Waals surface area contributed by atoms with Gasteiger partial charge in [-0.2, -0.15) is 0 Å². The fourth-order valence-corrected chi connectivity index (χ4v) is 3.71. The van der Waals surface area contributed by atoms with Crippen molar-refractivity contribution in [2.24, 2.45) is 0 Å². The summed E-state index contributed by atoms with van der Waals surface area (Å²) in [6.45, 7) is 0.687. The van der Waals surface area contributed by atoms with E-state index in [2.05, 4.69) is 0 Å². The second-order valence-corrected chi connectivity index (χ2v) is 6.45. The molecule has 0 radical (unpaired) electrons. The van der Waals surface area contributed by atoms with Crippen LogP contribution in [0.2, 0.25) is 5.02 Å². The van der Waals surface area contributed by atoms with Crippen LogP contribution >= 0.6 is 11.6 Å². The average molecular weight is 326 g/mol. The van der Waals surface area contributed by atoms with Crippen LogP contribution in [0.5, 0.6) is 5.75 Å². The minimum absolute atomic E-state index is 0.0655. The lowest BCUT2D eigenvalue weighted by atomic mass is 9.97. The van der Waals surface area contributed by atoms with Gasteiger partial charge in [-0.1, -0.05) is 41.9 Å². The third-order valence-electron chi connectivity index (χ3n) is 4.52. The van der Waals surface area contributed by atoms with Crippen molar-refractivity contribution in [1.82, 2.24) is 4.57 Å². The van der Waals surface area contributed by atoms with Crippen molar-refractivity contribution in [3.8, 4) is 5.75 Å². The topological polar surface area (TPSA) is 42.2 Å². The molecule has 0 bridgehead atoms. The monoisotopic (exact) mass is 325 g/mol. The number of aryl methyl sites for hydroxylation is 2. The summed E-state index contributed by atoms with van der Waals surface area (Å²) in [6.07, 6.45) is 2.22. The number of nitrogens with zero attached hydrogens (tertiary/aromatic N) is 1. The molecule has 2 heterocycles. The SMILES string of the molecule is O=c1c(Cc2ccccc2)c(O)c2cc(Cl)cc3c2n1CCC3. The molecule has 3 aromatic rings. The number of aromatic hydroxyl groups is 1. The quantitative estimate of drug-likeness (QED) is 0.776. The third-order valence-corrected chi connectivity index (χ3v) is 4.74. The Bertz CT molecular complexity index is 961. The Morgan fingerprint density at radius 2 is 1.96 bits per heavy atom. The molecule has 2 aromatic carbocycles.